The van der Waals surface area contributed by atoms with Gasteiger partial charge in [-0.25, -0.2) is 0 Å². The molecule has 84 valence electrons. The summed E-state index contributed by atoms with van der Waals surface area (Å²) in [5, 5.41) is 17.4. The van der Waals surface area contributed by atoms with Gasteiger partial charge in [-0.1, -0.05) is 11.3 Å². The van der Waals surface area contributed by atoms with E-state index < -0.39 is 4.92 Å². The minimum absolute atomic E-state index is 0.103. The number of hydrogen-bond donors (Lipinski definition) is 1. The second-order valence-corrected chi connectivity index (χ2v) is 4.44. The number of H-pyrrole nitrogens is 1. The van der Waals surface area contributed by atoms with Gasteiger partial charge in [0.25, 0.3) is 0 Å². The number of nitro groups is 1. The van der Waals surface area contributed by atoms with E-state index in [-0.39, 0.29) is 5.00 Å². The number of aromatic amines is 1. The minimum atomic E-state index is -0.411. The predicted molar refractivity (Wildman–Crippen MR) is 63.1 cm³/mol. The molecule has 0 radical (unpaired) electrons. The lowest BCUT2D eigenvalue weighted by molar-refractivity contribution is -0.380. The highest BCUT2D eigenvalue weighted by molar-refractivity contribution is 7.71. The molecule has 2 rings (SSSR count). The van der Waals surface area contributed by atoms with Crippen LogP contribution in [-0.4, -0.2) is 19.7 Å². The molecule has 0 bridgehead atoms. The van der Waals surface area contributed by atoms with Gasteiger partial charge < -0.3 is 0 Å². The van der Waals surface area contributed by atoms with E-state index in [1.807, 2.05) is 6.92 Å². The summed E-state index contributed by atoms with van der Waals surface area (Å²) in [6, 6.07) is 3.15. The van der Waals surface area contributed by atoms with Crippen molar-refractivity contribution in [3.05, 3.63) is 27.0 Å². The molecule has 0 saturated heterocycles. The van der Waals surface area contributed by atoms with E-state index >= 15 is 0 Å². The Labute approximate surface area is 99.7 Å². The minimum Gasteiger partial charge on any atom is -0.300 e. The normalized spacial score (nSPS) is 10.6. The summed E-state index contributed by atoms with van der Waals surface area (Å²) in [5.74, 6) is 0.644. The van der Waals surface area contributed by atoms with E-state index in [4.69, 9.17) is 12.2 Å². The molecule has 2 heterocycles. The van der Waals surface area contributed by atoms with Gasteiger partial charge in [-0.15, -0.1) is 0 Å². The van der Waals surface area contributed by atoms with Crippen LogP contribution in [0, 0.1) is 14.9 Å². The first-order valence-electron chi connectivity index (χ1n) is 4.53. The van der Waals surface area contributed by atoms with Crippen LogP contribution in [0.1, 0.15) is 6.92 Å². The maximum atomic E-state index is 10.6. The van der Waals surface area contributed by atoms with Gasteiger partial charge in [0.15, 0.2) is 10.6 Å². The van der Waals surface area contributed by atoms with Crippen LogP contribution in [0.2, 0.25) is 0 Å². The largest absolute Gasteiger partial charge is 0.324 e. The number of rotatable bonds is 3. The third-order valence-corrected chi connectivity index (χ3v) is 3.41. The Morgan fingerprint density at radius 2 is 2.44 bits per heavy atom. The lowest BCUT2D eigenvalue weighted by Crippen LogP contribution is -1.96. The van der Waals surface area contributed by atoms with E-state index in [9.17, 15) is 10.1 Å². The predicted octanol–water partition coefficient (Wildman–Crippen LogP) is 2.60. The summed E-state index contributed by atoms with van der Waals surface area (Å²) in [6.07, 6.45) is 0. The molecule has 0 unspecified atom stereocenters. The van der Waals surface area contributed by atoms with Gasteiger partial charge in [0.1, 0.15) is 0 Å². The average molecular weight is 256 g/mol. The molecule has 0 spiro atoms. The third kappa shape index (κ3) is 1.76. The molecule has 0 saturated carbocycles. The molecular formula is C8H8N4O2S2. The summed E-state index contributed by atoms with van der Waals surface area (Å²) in [5.41, 5.74) is 0. The van der Waals surface area contributed by atoms with E-state index in [0.717, 1.165) is 16.2 Å². The number of thiophene rings is 1. The standard InChI is InChI=1S/C8H8N4O2S2/c1-2-11-7(9-10-8(11)15)5-3-4-6(16-5)12(13)14/h3-4H,2H2,1H3,(H,10,15). The van der Waals surface area contributed by atoms with Crippen LogP contribution in [0.15, 0.2) is 12.1 Å². The van der Waals surface area contributed by atoms with Crippen molar-refractivity contribution in [2.45, 2.75) is 13.5 Å². The molecule has 2 aromatic heterocycles. The fourth-order valence-corrected chi connectivity index (χ4v) is 2.43. The first-order valence-corrected chi connectivity index (χ1v) is 5.75. The molecule has 2 aromatic rings. The third-order valence-electron chi connectivity index (χ3n) is 2.07. The van der Waals surface area contributed by atoms with Crippen LogP contribution in [0.3, 0.4) is 0 Å². The Hall–Kier alpha value is -1.54. The number of nitrogens with one attached hydrogen (secondary N) is 1. The number of aromatic nitrogens is 3. The summed E-state index contributed by atoms with van der Waals surface area (Å²) in [4.78, 5) is 10.9. The van der Waals surface area contributed by atoms with E-state index in [2.05, 4.69) is 10.2 Å². The van der Waals surface area contributed by atoms with Gasteiger partial charge in [0, 0.05) is 12.6 Å². The second-order valence-electron chi connectivity index (χ2n) is 2.99. The highest BCUT2D eigenvalue weighted by Gasteiger charge is 2.15. The van der Waals surface area contributed by atoms with E-state index in [1.54, 1.807) is 10.6 Å². The summed E-state index contributed by atoms with van der Waals surface area (Å²) in [7, 11) is 0. The number of nitrogens with zero attached hydrogens (tertiary/aromatic N) is 3. The maximum Gasteiger partial charge on any atom is 0.324 e. The zero-order valence-corrected chi connectivity index (χ0v) is 9.97. The first-order chi connectivity index (χ1) is 7.63. The zero-order chi connectivity index (χ0) is 11.7. The lowest BCUT2D eigenvalue weighted by atomic mass is 10.4. The molecule has 16 heavy (non-hydrogen) atoms. The van der Waals surface area contributed by atoms with Crippen LogP contribution in [-0.2, 0) is 6.54 Å². The number of hydrogen-bond acceptors (Lipinski definition) is 5. The monoisotopic (exact) mass is 256 g/mol. The highest BCUT2D eigenvalue weighted by Crippen LogP contribution is 2.31. The zero-order valence-electron chi connectivity index (χ0n) is 8.34. The maximum absolute atomic E-state index is 10.6. The highest BCUT2D eigenvalue weighted by atomic mass is 32.1. The quantitative estimate of drug-likeness (QED) is 0.520. The van der Waals surface area contributed by atoms with Crippen LogP contribution in [0.5, 0.6) is 0 Å². The van der Waals surface area contributed by atoms with Gasteiger partial charge in [-0.3, -0.25) is 19.8 Å². The van der Waals surface area contributed by atoms with Gasteiger partial charge in [0.2, 0.25) is 0 Å². The second kappa shape index (κ2) is 4.14. The Morgan fingerprint density at radius 1 is 1.69 bits per heavy atom. The van der Waals surface area contributed by atoms with Crippen molar-refractivity contribution < 1.29 is 4.92 Å². The molecule has 6 nitrogen and oxygen atoms in total. The van der Waals surface area contributed by atoms with Crippen molar-refractivity contribution in [3.8, 4) is 10.7 Å². The van der Waals surface area contributed by atoms with Crippen molar-refractivity contribution >= 4 is 28.6 Å². The van der Waals surface area contributed by atoms with Crippen LogP contribution < -0.4 is 0 Å². The van der Waals surface area contributed by atoms with Gasteiger partial charge >= 0.3 is 5.00 Å². The van der Waals surface area contributed by atoms with E-state index in [0.29, 0.717) is 17.1 Å². The molecular weight excluding hydrogens is 248 g/mol. The molecule has 0 aliphatic carbocycles. The fraction of sp³-hybridized carbons (Fsp3) is 0.250. The van der Waals surface area contributed by atoms with Gasteiger partial charge in [0.05, 0.1) is 9.80 Å². The molecule has 0 aliphatic rings. The molecule has 0 atom stereocenters. The lowest BCUT2D eigenvalue weighted by Gasteiger charge is -1.98. The first kappa shape index (κ1) is 11.0. The molecule has 8 heteroatoms. The molecule has 0 fully saturated rings. The van der Waals surface area contributed by atoms with Crippen molar-refractivity contribution in [1.29, 1.82) is 0 Å². The Bertz CT molecular complexity index is 583. The summed E-state index contributed by atoms with van der Waals surface area (Å²) in [6.45, 7) is 2.62. The average Bonchev–Trinajstić information content (AvgIpc) is 2.83. The smallest absolute Gasteiger partial charge is 0.300 e. The Balaban J connectivity index is 2.50. The van der Waals surface area contributed by atoms with Crippen LogP contribution >= 0.6 is 23.6 Å². The topological polar surface area (TPSA) is 76.8 Å². The van der Waals surface area contributed by atoms with Gasteiger partial charge in [-0.2, -0.15) is 5.10 Å². The summed E-state index contributed by atoms with van der Waals surface area (Å²) < 4.78 is 2.32. The van der Waals surface area contributed by atoms with Gasteiger partial charge in [-0.05, 0) is 25.2 Å². The molecule has 1 N–H and O–H groups in total. The van der Waals surface area contributed by atoms with Crippen molar-refractivity contribution in [1.82, 2.24) is 14.8 Å². The Kier molecular flexibility index (Phi) is 2.84. The van der Waals surface area contributed by atoms with Crippen molar-refractivity contribution in [2.75, 3.05) is 0 Å². The molecule has 0 aliphatic heterocycles. The molecule has 0 aromatic carbocycles. The van der Waals surface area contributed by atoms with Crippen LogP contribution in [0.25, 0.3) is 10.7 Å². The molecule has 0 amide bonds. The fourth-order valence-electron chi connectivity index (χ4n) is 1.35. The van der Waals surface area contributed by atoms with E-state index in [1.165, 1.54) is 6.07 Å². The summed E-state index contributed by atoms with van der Waals surface area (Å²) >= 11 is 6.13. The van der Waals surface area contributed by atoms with Crippen LogP contribution in [0.4, 0.5) is 5.00 Å². The van der Waals surface area contributed by atoms with Crippen molar-refractivity contribution in [2.24, 2.45) is 0 Å². The Morgan fingerprint density at radius 3 is 3.00 bits per heavy atom. The SMILES string of the molecule is CCn1c(-c2ccc([N+](=O)[O-])s2)n[nH]c1=S. The van der Waals surface area contributed by atoms with Crippen molar-refractivity contribution in [3.63, 3.8) is 0 Å².